The Labute approximate surface area is 127 Å². The summed E-state index contributed by atoms with van der Waals surface area (Å²) in [5, 5.41) is 3.44. The van der Waals surface area contributed by atoms with Crippen LogP contribution in [0.5, 0.6) is 0 Å². The van der Waals surface area contributed by atoms with Gasteiger partial charge >= 0.3 is 5.97 Å². The van der Waals surface area contributed by atoms with E-state index in [0.717, 1.165) is 0 Å². The molecule has 0 fully saturated rings. The number of nitrogens with one attached hydrogen (secondary N) is 1. The Morgan fingerprint density at radius 1 is 1.24 bits per heavy atom. The lowest BCUT2D eigenvalue weighted by molar-refractivity contribution is -0.143. The molecule has 0 spiro atoms. The summed E-state index contributed by atoms with van der Waals surface area (Å²) in [7, 11) is 1.30. The van der Waals surface area contributed by atoms with Gasteiger partial charge in [0, 0.05) is 17.1 Å². The maximum absolute atomic E-state index is 13.6. The fraction of sp³-hybridized carbons (Fsp3) is 0.188. The van der Waals surface area contributed by atoms with E-state index in [4.69, 9.17) is 16.3 Å². The Morgan fingerprint density at radius 3 is 2.57 bits per heavy atom. The van der Waals surface area contributed by atoms with Crippen molar-refractivity contribution in [1.29, 1.82) is 0 Å². The molecule has 110 valence electrons. The van der Waals surface area contributed by atoms with Crippen molar-refractivity contribution >= 4 is 17.6 Å². The first-order valence-corrected chi connectivity index (χ1v) is 6.80. The number of benzene rings is 2. The second-order valence-corrected chi connectivity index (χ2v) is 4.86. The SMILES string of the molecule is COC(=O)C(NCc1ccccc1F)c1ccccc1Cl. The maximum Gasteiger partial charge on any atom is 0.327 e. The van der Waals surface area contributed by atoms with Crippen LogP contribution in [0.2, 0.25) is 5.02 Å². The van der Waals surface area contributed by atoms with Gasteiger partial charge in [0.15, 0.2) is 0 Å². The van der Waals surface area contributed by atoms with Gasteiger partial charge in [-0.3, -0.25) is 5.32 Å². The van der Waals surface area contributed by atoms with Crippen molar-refractivity contribution in [2.75, 3.05) is 7.11 Å². The van der Waals surface area contributed by atoms with Crippen molar-refractivity contribution in [2.45, 2.75) is 12.6 Å². The molecule has 0 saturated carbocycles. The molecule has 1 unspecified atom stereocenters. The van der Waals surface area contributed by atoms with Gasteiger partial charge in [0.1, 0.15) is 11.9 Å². The summed E-state index contributed by atoms with van der Waals surface area (Å²) in [4.78, 5) is 11.9. The minimum atomic E-state index is -0.747. The van der Waals surface area contributed by atoms with Crippen LogP contribution in [0.3, 0.4) is 0 Å². The summed E-state index contributed by atoms with van der Waals surface area (Å²) in [6, 6.07) is 12.6. The molecule has 5 heteroatoms. The number of carbonyl (C=O) groups is 1. The molecule has 2 rings (SSSR count). The summed E-state index contributed by atoms with van der Waals surface area (Å²) >= 11 is 6.11. The lowest BCUT2D eigenvalue weighted by atomic mass is 10.1. The number of esters is 1. The highest BCUT2D eigenvalue weighted by Gasteiger charge is 2.23. The molecule has 3 nitrogen and oxygen atoms in total. The second kappa shape index (κ2) is 7.20. The van der Waals surface area contributed by atoms with E-state index in [0.29, 0.717) is 16.1 Å². The largest absolute Gasteiger partial charge is 0.468 e. The molecule has 0 aliphatic rings. The average Bonchev–Trinajstić information content (AvgIpc) is 2.50. The Bertz CT molecular complexity index is 633. The van der Waals surface area contributed by atoms with Crippen LogP contribution in [0.4, 0.5) is 4.39 Å². The highest BCUT2D eigenvalue weighted by Crippen LogP contribution is 2.24. The van der Waals surface area contributed by atoms with Crippen molar-refractivity contribution in [3.63, 3.8) is 0 Å². The van der Waals surface area contributed by atoms with Crippen LogP contribution in [-0.2, 0) is 16.1 Å². The Morgan fingerprint density at radius 2 is 1.90 bits per heavy atom. The van der Waals surface area contributed by atoms with Crippen LogP contribution in [0.25, 0.3) is 0 Å². The smallest absolute Gasteiger partial charge is 0.327 e. The molecule has 0 aliphatic heterocycles. The van der Waals surface area contributed by atoms with Gasteiger partial charge in [-0.1, -0.05) is 48.0 Å². The Kier molecular flexibility index (Phi) is 5.31. The third-order valence-electron chi connectivity index (χ3n) is 3.11. The Balaban J connectivity index is 2.21. The van der Waals surface area contributed by atoms with Gasteiger partial charge in [0.25, 0.3) is 0 Å². The zero-order valence-electron chi connectivity index (χ0n) is 11.5. The fourth-order valence-corrected chi connectivity index (χ4v) is 2.25. The number of carbonyl (C=O) groups excluding carboxylic acids is 1. The highest BCUT2D eigenvalue weighted by atomic mass is 35.5. The van der Waals surface area contributed by atoms with Gasteiger partial charge in [-0.15, -0.1) is 0 Å². The zero-order chi connectivity index (χ0) is 15.2. The van der Waals surface area contributed by atoms with E-state index in [1.807, 2.05) is 0 Å². The number of halogens is 2. The second-order valence-electron chi connectivity index (χ2n) is 4.45. The van der Waals surface area contributed by atoms with Crippen LogP contribution < -0.4 is 5.32 Å². The van der Waals surface area contributed by atoms with Crippen LogP contribution in [-0.4, -0.2) is 13.1 Å². The van der Waals surface area contributed by atoms with E-state index in [2.05, 4.69) is 5.32 Å². The third-order valence-corrected chi connectivity index (χ3v) is 3.45. The topological polar surface area (TPSA) is 38.3 Å². The average molecular weight is 308 g/mol. The van der Waals surface area contributed by atoms with Gasteiger partial charge in [-0.25, -0.2) is 9.18 Å². The third kappa shape index (κ3) is 3.80. The number of ether oxygens (including phenoxy) is 1. The van der Waals surface area contributed by atoms with E-state index in [1.54, 1.807) is 42.5 Å². The predicted molar refractivity (Wildman–Crippen MR) is 79.4 cm³/mol. The van der Waals surface area contributed by atoms with Crippen LogP contribution in [0.1, 0.15) is 17.2 Å². The van der Waals surface area contributed by atoms with E-state index in [1.165, 1.54) is 13.2 Å². The fourth-order valence-electron chi connectivity index (χ4n) is 2.00. The molecule has 0 amide bonds. The van der Waals surface area contributed by atoms with Gasteiger partial charge in [0.2, 0.25) is 0 Å². The van der Waals surface area contributed by atoms with Gasteiger partial charge in [-0.05, 0) is 17.7 Å². The lowest BCUT2D eigenvalue weighted by Gasteiger charge is -2.18. The van der Waals surface area contributed by atoms with E-state index < -0.39 is 12.0 Å². The minimum absolute atomic E-state index is 0.192. The summed E-state index contributed by atoms with van der Waals surface area (Å²) in [5.41, 5.74) is 1.07. The standard InChI is InChI=1S/C16H15ClFNO2/c1-21-16(20)15(12-7-3-4-8-13(12)17)19-10-11-6-2-5-9-14(11)18/h2-9,15,19H,10H2,1H3. The summed E-state index contributed by atoms with van der Waals surface area (Å²) in [6.45, 7) is 0.192. The molecule has 0 aromatic heterocycles. The zero-order valence-corrected chi connectivity index (χ0v) is 12.2. The Hall–Kier alpha value is -1.91. The van der Waals surface area contributed by atoms with E-state index in [9.17, 15) is 9.18 Å². The lowest BCUT2D eigenvalue weighted by Crippen LogP contribution is -2.29. The maximum atomic E-state index is 13.6. The molecule has 0 bridgehead atoms. The van der Waals surface area contributed by atoms with Crippen molar-refractivity contribution in [3.8, 4) is 0 Å². The number of methoxy groups -OCH3 is 1. The molecular weight excluding hydrogens is 293 g/mol. The minimum Gasteiger partial charge on any atom is -0.468 e. The monoisotopic (exact) mass is 307 g/mol. The van der Waals surface area contributed by atoms with Gasteiger partial charge < -0.3 is 4.74 Å². The number of hydrogen-bond donors (Lipinski definition) is 1. The van der Waals surface area contributed by atoms with E-state index in [-0.39, 0.29) is 12.4 Å². The summed E-state index contributed by atoms with van der Waals surface area (Å²) < 4.78 is 18.4. The molecule has 0 saturated heterocycles. The summed E-state index contributed by atoms with van der Waals surface area (Å²) in [6.07, 6.45) is 0. The molecule has 0 aliphatic carbocycles. The first kappa shape index (κ1) is 15.5. The van der Waals surface area contributed by atoms with Crippen LogP contribution >= 0.6 is 11.6 Å². The molecule has 21 heavy (non-hydrogen) atoms. The first-order valence-electron chi connectivity index (χ1n) is 6.42. The van der Waals surface area contributed by atoms with Crippen molar-refractivity contribution < 1.29 is 13.9 Å². The molecule has 0 heterocycles. The molecule has 2 aromatic carbocycles. The predicted octanol–water partition coefficient (Wildman–Crippen LogP) is 3.48. The first-order chi connectivity index (χ1) is 10.1. The highest BCUT2D eigenvalue weighted by molar-refractivity contribution is 6.31. The van der Waals surface area contributed by atoms with Gasteiger partial charge in [0.05, 0.1) is 7.11 Å². The van der Waals surface area contributed by atoms with Crippen LogP contribution in [0, 0.1) is 5.82 Å². The van der Waals surface area contributed by atoms with Crippen LogP contribution in [0.15, 0.2) is 48.5 Å². The normalized spacial score (nSPS) is 12.0. The van der Waals surface area contributed by atoms with Crippen molar-refractivity contribution in [3.05, 3.63) is 70.5 Å². The molecule has 1 N–H and O–H groups in total. The number of hydrogen-bond acceptors (Lipinski definition) is 3. The van der Waals surface area contributed by atoms with Crippen molar-refractivity contribution in [1.82, 2.24) is 5.32 Å². The van der Waals surface area contributed by atoms with Crippen molar-refractivity contribution in [2.24, 2.45) is 0 Å². The molecule has 0 radical (unpaired) electrons. The molecule has 2 aromatic rings. The quantitative estimate of drug-likeness (QED) is 0.859. The summed E-state index contributed by atoms with van der Waals surface area (Å²) in [5.74, 6) is -0.799. The van der Waals surface area contributed by atoms with Gasteiger partial charge in [-0.2, -0.15) is 0 Å². The molecular formula is C16H15ClFNO2. The molecule has 1 atom stereocenters. The number of rotatable bonds is 5. The van der Waals surface area contributed by atoms with E-state index >= 15 is 0 Å².